The van der Waals surface area contributed by atoms with E-state index in [0.717, 1.165) is 17.9 Å². The summed E-state index contributed by atoms with van der Waals surface area (Å²) in [4.78, 5) is 6.41. The summed E-state index contributed by atoms with van der Waals surface area (Å²) in [5, 5.41) is 0. The Labute approximate surface area is 107 Å². The van der Waals surface area contributed by atoms with Gasteiger partial charge in [-0.3, -0.25) is 4.98 Å². The molecule has 0 aliphatic carbocycles. The molecule has 0 bridgehead atoms. The van der Waals surface area contributed by atoms with Crippen LogP contribution in [-0.4, -0.2) is 19.1 Å². The summed E-state index contributed by atoms with van der Waals surface area (Å²) in [6, 6.07) is 11.7. The fourth-order valence-electron chi connectivity index (χ4n) is 1.76. The number of ether oxygens (including phenoxy) is 1. The van der Waals surface area contributed by atoms with Gasteiger partial charge in [0.2, 0.25) is 0 Å². The second kappa shape index (κ2) is 5.40. The van der Waals surface area contributed by atoms with E-state index in [0.29, 0.717) is 11.4 Å². The lowest BCUT2D eigenvalue weighted by molar-refractivity contribution is 0.417. The second-order valence-corrected chi connectivity index (χ2v) is 4.10. The molecule has 0 saturated heterocycles. The summed E-state index contributed by atoms with van der Waals surface area (Å²) in [5.41, 5.74) is 8.51. The standard InChI is InChI=1S/C14H17N3O/c1-17(10-11-5-3-4-8-16-11)12-6-7-13(15)14(9-12)18-2/h3-9H,10,15H2,1-2H3. The van der Waals surface area contributed by atoms with Crippen LogP contribution in [0.4, 0.5) is 11.4 Å². The highest BCUT2D eigenvalue weighted by Crippen LogP contribution is 2.27. The molecule has 0 saturated carbocycles. The first-order valence-electron chi connectivity index (χ1n) is 5.75. The molecular weight excluding hydrogens is 226 g/mol. The SMILES string of the molecule is COc1cc(N(C)Cc2ccccn2)ccc1N. The third-order valence-electron chi connectivity index (χ3n) is 2.78. The number of nitrogens with zero attached hydrogens (tertiary/aromatic N) is 2. The van der Waals surface area contributed by atoms with Gasteiger partial charge in [-0.05, 0) is 24.3 Å². The fraction of sp³-hybridized carbons (Fsp3) is 0.214. The van der Waals surface area contributed by atoms with Crippen molar-refractivity contribution in [1.82, 2.24) is 4.98 Å². The van der Waals surface area contributed by atoms with Gasteiger partial charge in [0.05, 0.1) is 25.0 Å². The molecule has 0 amide bonds. The number of hydrogen-bond donors (Lipinski definition) is 1. The summed E-state index contributed by atoms with van der Waals surface area (Å²) in [6.45, 7) is 0.744. The van der Waals surface area contributed by atoms with Crippen LogP contribution in [0.3, 0.4) is 0 Å². The van der Waals surface area contributed by atoms with Crippen LogP contribution in [-0.2, 0) is 6.54 Å². The highest BCUT2D eigenvalue weighted by molar-refractivity contribution is 5.62. The highest BCUT2D eigenvalue weighted by atomic mass is 16.5. The van der Waals surface area contributed by atoms with Crippen LogP contribution in [0.5, 0.6) is 5.75 Å². The minimum absolute atomic E-state index is 0.646. The Balaban J connectivity index is 2.16. The van der Waals surface area contributed by atoms with E-state index in [4.69, 9.17) is 10.5 Å². The van der Waals surface area contributed by atoms with E-state index < -0.39 is 0 Å². The van der Waals surface area contributed by atoms with Crippen molar-refractivity contribution in [1.29, 1.82) is 0 Å². The van der Waals surface area contributed by atoms with Crippen molar-refractivity contribution >= 4 is 11.4 Å². The van der Waals surface area contributed by atoms with Gasteiger partial charge in [-0.25, -0.2) is 0 Å². The monoisotopic (exact) mass is 243 g/mol. The van der Waals surface area contributed by atoms with Crippen LogP contribution >= 0.6 is 0 Å². The van der Waals surface area contributed by atoms with Gasteiger partial charge in [-0.2, -0.15) is 0 Å². The van der Waals surface area contributed by atoms with Crippen LogP contribution in [0.15, 0.2) is 42.6 Å². The van der Waals surface area contributed by atoms with Crippen molar-refractivity contribution in [3.05, 3.63) is 48.3 Å². The van der Waals surface area contributed by atoms with Gasteiger partial charge in [-0.15, -0.1) is 0 Å². The van der Waals surface area contributed by atoms with Gasteiger partial charge in [0.1, 0.15) is 5.75 Å². The zero-order chi connectivity index (χ0) is 13.0. The summed E-state index contributed by atoms with van der Waals surface area (Å²) in [7, 11) is 3.63. The minimum atomic E-state index is 0.646. The van der Waals surface area contributed by atoms with Crippen LogP contribution in [0, 0.1) is 0 Å². The maximum absolute atomic E-state index is 5.80. The second-order valence-electron chi connectivity index (χ2n) is 4.10. The van der Waals surface area contributed by atoms with Crippen molar-refractivity contribution in [2.24, 2.45) is 0 Å². The normalized spacial score (nSPS) is 10.1. The van der Waals surface area contributed by atoms with E-state index in [2.05, 4.69) is 9.88 Å². The van der Waals surface area contributed by atoms with E-state index >= 15 is 0 Å². The topological polar surface area (TPSA) is 51.4 Å². The molecule has 2 N–H and O–H groups in total. The molecular formula is C14H17N3O. The molecule has 2 aromatic rings. The number of anilines is 2. The van der Waals surface area contributed by atoms with Gasteiger partial charge >= 0.3 is 0 Å². The average molecular weight is 243 g/mol. The van der Waals surface area contributed by atoms with Crippen molar-refractivity contribution in [2.75, 3.05) is 24.8 Å². The van der Waals surface area contributed by atoms with Gasteiger partial charge in [0.15, 0.2) is 0 Å². The fourth-order valence-corrected chi connectivity index (χ4v) is 1.76. The Bertz CT molecular complexity index is 514. The van der Waals surface area contributed by atoms with E-state index in [1.54, 1.807) is 13.3 Å². The lowest BCUT2D eigenvalue weighted by atomic mass is 10.2. The third kappa shape index (κ3) is 2.71. The van der Waals surface area contributed by atoms with Crippen molar-refractivity contribution < 1.29 is 4.74 Å². The first-order valence-corrected chi connectivity index (χ1v) is 5.75. The lowest BCUT2D eigenvalue weighted by Crippen LogP contribution is -2.17. The molecule has 0 spiro atoms. The summed E-state index contributed by atoms with van der Waals surface area (Å²) in [6.07, 6.45) is 1.80. The Morgan fingerprint density at radius 2 is 2.11 bits per heavy atom. The van der Waals surface area contributed by atoms with Crippen LogP contribution in [0.1, 0.15) is 5.69 Å². The van der Waals surface area contributed by atoms with Crippen LogP contribution in [0.25, 0.3) is 0 Å². The third-order valence-corrected chi connectivity index (χ3v) is 2.78. The minimum Gasteiger partial charge on any atom is -0.495 e. The van der Waals surface area contributed by atoms with Gasteiger partial charge in [0.25, 0.3) is 0 Å². The Kier molecular flexibility index (Phi) is 3.67. The molecule has 4 heteroatoms. The molecule has 4 nitrogen and oxygen atoms in total. The smallest absolute Gasteiger partial charge is 0.143 e. The first-order chi connectivity index (χ1) is 8.70. The molecule has 0 fully saturated rings. The molecule has 1 aromatic heterocycles. The first kappa shape index (κ1) is 12.2. The number of benzene rings is 1. The van der Waals surface area contributed by atoms with Crippen molar-refractivity contribution in [3.63, 3.8) is 0 Å². The number of nitrogen functional groups attached to an aromatic ring is 1. The number of methoxy groups -OCH3 is 1. The molecule has 94 valence electrons. The molecule has 2 rings (SSSR count). The summed E-state index contributed by atoms with van der Waals surface area (Å²) in [5.74, 6) is 0.695. The van der Waals surface area contributed by atoms with E-state index in [9.17, 15) is 0 Å². The largest absolute Gasteiger partial charge is 0.495 e. The zero-order valence-corrected chi connectivity index (χ0v) is 10.6. The number of pyridine rings is 1. The summed E-state index contributed by atoms with van der Waals surface area (Å²) < 4.78 is 5.22. The molecule has 0 radical (unpaired) electrons. The quantitative estimate of drug-likeness (QED) is 0.837. The summed E-state index contributed by atoms with van der Waals surface area (Å²) >= 11 is 0. The van der Waals surface area contributed by atoms with Gasteiger partial charge in [-0.1, -0.05) is 6.07 Å². The Hall–Kier alpha value is -2.23. The highest BCUT2D eigenvalue weighted by Gasteiger charge is 2.06. The van der Waals surface area contributed by atoms with Crippen molar-refractivity contribution in [2.45, 2.75) is 6.54 Å². The number of hydrogen-bond acceptors (Lipinski definition) is 4. The van der Waals surface area contributed by atoms with Crippen LogP contribution < -0.4 is 15.4 Å². The molecule has 0 aliphatic heterocycles. The van der Waals surface area contributed by atoms with Crippen molar-refractivity contribution in [3.8, 4) is 5.75 Å². The predicted octanol–water partition coefficient (Wildman–Crippen LogP) is 2.31. The van der Waals surface area contributed by atoms with E-state index in [1.165, 1.54) is 0 Å². The zero-order valence-electron chi connectivity index (χ0n) is 10.6. The maximum atomic E-state index is 5.80. The van der Waals surface area contributed by atoms with Gasteiger partial charge < -0.3 is 15.4 Å². The number of aromatic nitrogens is 1. The molecule has 18 heavy (non-hydrogen) atoms. The molecule has 1 heterocycles. The predicted molar refractivity (Wildman–Crippen MR) is 73.8 cm³/mol. The molecule has 1 aromatic carbocycles. The molecule has 0 aliphatic rings. The molecule has 0 atom stereocenters. The number of rotatable bonds is 4. The number of nitrogens with two attached hydrogens (primary N) is 1. The van der Waals surface area contributed by atoms with Crippen LogP contribution in [0.2, 0.25) is 0 Å². The lowest BCUT2D eigenvalue weighted by Gasteiger charge is -2.20. The Morgan fingerprint density at radius 3 is 2.78 bits per heavy atom. The van der Waals surface area contributed by atoms with E-state index in [1.807, 2.05) is 43.4 Å². The maximum Gasteiger partial charge on any atom is 0.143 e. The Morgan fingerprint density at radius 1 is 1.28 bits per heavy atom. The van der Waals surface area contributed by atoms with E-state index in [-0.39, 0.29) is 0 Å². The average Bonchev–Trinajstić information content (AvgIpc) is 2.40. The van der Waals surface area contributed by atoms with Gasteiger partial charge in [0, 0.05) is 25.0 Å². The molecule has 0 unspecified atom stereocenters.